The van der Waals surface area contributed by atoms with Gasteiger partial charge in [-0.05, 0) is 50.5 Å². The Morgan fingerprint density at radius 1 is 1.40 bits per heavy atom. The number of nitrogens with one attached hydrogen (secondary N) is 1. The second-order valence-corrected chi connectivity index (χ2v) is 6.18. The number of nitrogens with zero attached hydrogens (tertiary/aromatic N) is 2. The van der Waals surface area contributed by atoms with E-state index in [-0.39, 0.29) is 0 Å². The molecule has 5 nitrogen and oxygen atoms in total. The summed E-state index contributed by atoms with van der Waals surface area (Å²) in [5.41, 5.74) is 8.33. The van der Waals surface area contributed by atoms with E-state index in [9.17, 15) is 0 Å². The summed E-state index contributed by atoms with van der Waals surface area (Å²) in [5, 5.41) is 3.33. The maximum absolute atomic E-state index is 5.89. The number of fused-ring (bicyclic) bond motifs is 1. The number of aromatic nitrogens is 1. The molecular weight excluding hydrogens is 252 g/mol. The molecule has 0 spiro atoms. The van der Waals surface area contributed by atoms with Gasteiger partial charge in [0.2, 0.25) is 0 Å². The van der Waals surface area contributed by atoms with Crippen molar-refractivity contribution >= 4 is 22.8 Å². The first kappa shape index (κ1) is 13.2. The summed E-state index contributed by atoms with van der Waals surface area (Å²) in [6.45, 7) is 5.51. The number of oxazole rings is 1. The van der Waals surface area contributed by atoms with E-state index in [0.29, 0.717) is 17.1 Å². The number of para-hydroxylation sites is 1. The molecular formula is C15H22N4O. The second-order valence-electron chi connectivity index (χ2n) is 6.18. The Kier molecular flexibility index (Phi) is 3.30. The third-order valence-corrected chi connectivity index (χ3v) is 4.31. The predicted octanol–water partition coefficient (Wildman–Crippen LogP) is 2.55. The molecule has 2 aromatic rings. The Morgan fingerprint density at radius 2 is 2.15 bits per heavy atom. The lowest BCUT2D eigenvalue weighted by molar-refractivity contribution is 0.150. The normalized spacial score (nSPS) is 19.3. The summed E-state index contributed by atoms with van der Waals surface area (Å²) in [6.07, 6.45) is 2.39. The molecule has 0 amide bonds. The zero-order valence-corrected chi connectivity index (χ0v) is 12.1. The highest BCUT2D eigenvalue weighted by Crippen LogP contribution is 2.31. The van der Waals surface area contributed by atoms with Gasteiger partial charge in [-0.2, -0.15) is 4.98 Å². The molecule has 1 fully saturated rings. The van der Waals surface area contributed by atoms with E-state index in [1.807, 2.05) is 18.2 Å². The van der Waals surface area contributed by atoms with Crippen LogP contribution in [0.25, 0.3) is 11.1 Å². The van der Waals surface area contributed by atoms with E-state index < -0.39 is 0 Å². The first-order valence-corrected chi connectivity index (χ1v) is 7.13. The van der Waals surface area contributed by atoms with Crippen molar-refractivity contribution in [2.24, 2.45) is 5.41 Å². The molecule has 20 heavy (non-hydrogen) atoms. The lowest BCUT2D eigenvalue weighted by atomic mass is 9.80. The highest BCUT2D eigenvalue weighted by atomic mass is 16.4. The van der Waals surface area contributed by atoms with E-state index in [1.54, 1.807) is 0 Å². The number of rotatable bonds is 3. The average molecular weight is 274 g/mol. The van der Waals surface area contributed by atoms with Gasteiger partial charge in [0.05, 0.1) is 5.69 Å². The summed E-state index contributed by atoms with van der Waals surface area (Å²) in [4.78, 5) is 6.81. The number of hydrogen-bond donors (Lipinski definition) is 2. The molecule has 1 aromatic carbocycles. The minimum Gasteiger partial charge on any atom is -0.423 e. The van der Waals surface area contributed by atoms with Crippen LogP contribution in [-0.2, 0) is 0 Å². The van der Waals surface area contributed by atoms with Crippen molar-refractivity contribution in [3.05, 3.63) is 18.2 Å². The van der Waals surface area contributed by atoms with Gasteiger partial charge in [0.15, 0.2) is 5.58 Å². The van der Waals surface area contributed by atoms with Crippen molar-refractivity contribution in [1.82, 2.24) is 9.88 Å². The smallest absolute Gasteiger partial charge is 0.295 e. The summed E-state index contributed by atoms with van der Waals surface area (Å²) in [7, 11) is 2.18. The Hall–Kier alpha value is -1.75. The maximum atomic E-state index is 5.89. The zero-order valence-electron chi connectivity index (χ0n) is 12.1. The van der Waals surface area contributed by atoms with Crippen molar-refractivity contribution < 1.29 is 4.42 Å². The van der Waals surface area contributed by atoms with Gasteiger partial charge >= 0.3 is 0 Å². The molecule has 0 aliphatic carbocycles. The summed E-state index contributed by atoms with van der Waals surface area (Å²) >= 11 is 0. The first-order chi connectivity index (χ1) is 9.56. The zero-order chi connectivity index (χ0) is 14.2. The molecule has 1 aromatic heterocycles. The molecule has 0 saturated carbocycles. The van der Waals surface area contributed by atoms with Crippen molar-refractivity contribution in [1.29, 1.82) is 0 Å². The standard InChI is InChI=1S/C15H22N4O/c1-15(6-8-19(2)9-7-15)10-17-14-18-13-11(16)4-3-5-12(13)20-14/h3-5H,6-10,16H2,1-2H3,(H,17,18). The fraction of sp³-hybridized carbons (Fsp3) is 0.533. The van der Waals surface area contributed by atoms with Crippen LogP contribution in [0.2, 0.25) is 0 Å². The number of anilines is 2. The van der Waals surface area contributed by atoms with E-state index in [1.165, 1.54) is 12.8 Å². The van der Waals surface area contributed by atoms with E-state index in [0.717, 1.165) is 30.7 Å². The number of nitrogens with two attached hydrogens (primary N) is 1. The fourth-order valence-corrected chi connectivity index (χ4v) is 2.67. The quantitative estimate of drug-likeness (QED) is 0.842. The van der Waals surface area contributed by atoms with Crippen LogP contribution in [0.15, 0.2) is 22.6 Å². The fourth-order valence-electron chi connectivity index (χ4n) is 2.67. The van der Waals surface area contributed by atoms with Gasteiger partial charge in [0.1, 0.15) is 5.52 Å². The van der Waals surface area contributed by atoms with Gasteiger partial charge in [-0.3, -0.25) is 0 Å². The number of likely N-dealkylation sites (tertiary alicyclic amines) is 1. The molecule has 3 rings (SSSR count). The van der Waals surface area contributed by atoms with Crippen LogP contribution in [-0.4, -0.2) is 36.6 Å². The number of piperidine rings is 1. The van der Waals surface area contributed by atoms with Crippen LogP contribution in [0.4, 0.5) is 11.7 Å². The third kappa shape index (κ3) is 2.58. The Balaban J connectivity index is 1.69. The van der Waals surface area contributed by atoms with Crippen molar-refractivity contribution in [3.63, 3.8) is 0 Å². The lowest BCUT2D eigenvalue weighted by Gasteiger charge is -2.37. The number of benzene rings is 1. The van der Waals surface area contributed by atoms with Crippen LogP contribution in [0.5, 0.6) is 0 Å². The minimum absolute atomic E-state index is 0.304. The molecule has 0 radical (unpaired) electrons. The van der Waals surface area contributed by atoms with Crippen LogP contribution in [0.1, 0.15) is 19.8 Å². The van der Waals surface area contributed by atoms with Crippen LogP contribution < -0.4 is 11.1 Å². The first-order valence-electron chi connectivity index (χ1n) is 7.13. The highest BCUT2D eigenvalue weighted by Gasteiger charge is 2.29. The average Bonchev–Trinajstić information content (AvgIpc) is 2.85. The van der Waals surface area contributed by atoms with Crippen molar-refractivity contribution in [3.8, 4) is 0 Å². The molecule has 2 heterocycles. The molecule has 3 N–H and O–H groups in total. The van der Waals surface area contributed by atoms with E-state index in [2.05, 4.69) is 29.2 Å². The predicted molar refractivity (Wildman–Crippen MR) is 81.7 cm³/mol. The largest absolute Gasteiger partial charge is 0.423 e. The van der Waals surface area contributed by atoms with Gasteiger partial charge in [-0.1, -0.05) is 13.0 Å². The molecule has 5 heteroatoms. The molecule has 0 bridgehead atoms. The van der Waals surface area contributed by atoms with Crippen LogP contribution in [0.3, 0.4) is 0 Å². The Labute approximate surface area is 119 Å². The maximum Gasteiger partial charge on any atom is 0.295 e. The van der Waals surface area contributed by atoms with E-state index >= 15 is 0 Å². The van der Waals surface area contributed by atoms with Gasteiger partial charge in [0, 0.05) is 6.54 Å². The summed E-state index contributed by atoms with van der Waals surface area (Å²) in [6, 6.07) is 6.18. The molecule has 1 saturated heterocycles. The molecule has 0 atom stereocenters. The molecule has 1 aliphatic heterocycles. The van der Waals surface area contributed by atoms with Crippen LogP contribution in [0, 0.1) is 5.41 Å². The summed E-state index contributed by atoms with van der Waals surface area (Å²) in [5.74, 6) is 0. The van der Waals surface area contributed by atoms with Gasteiger partial charge in [0.25, 0.3) is 6.01 Å². The van der Waals surface area contributed by atoms with Crippen LogP contribution >= 0.6 is 0 Å². The minimum atomic E-state index is 0.304. The van der Waals surface area contributed by atoms with Crippen molar-refractivity contribution in [2.45, 2.75) is 19.8 Å². The topological polar surface area (TPSA) is 67.3 Å². The molecule has 0 unspecified atom stereocenters. The van der Waals surface area contributed by atoms with Gasteiger partial charge < -0.3 is 20.4 Å². The lowest BCUT2D eigenvalue weighted by Crippen LogP contribution is -2.40. The van der Waals surface area contributed by atoms with Crippen molar-refractivity contribution in [2.75, 3.05) is 37.7 Å². The summed E-state index contributed by atoms with van der Waals surface area (Å²) < 4.78 is 5.69. The monoisotopic (exact) mass is 274 g/mol. The third-order valence-electron chi connectivity index (χ3n) is 4.31. The highest BCUT2D eigenvalue weighted by molar-refractivity contribution is 5.86. The van der Waals surface area contributed by atoms with Gasteiger partial charge in [-0.25, -0.2) is 0 Å². The number of nitrogen functional groups attached to an aromatic ring is 1. The Morgan fingerprint density at radius 3 is 2.85 bits per heavy atom. The molecule has 108 valence electrons. The Bertz CT molecular complexity index is 599. The SMILES string of the molecule is CN1CCC(C)(CNc2nc3c(N)cccc3o2)CC1. The van der Waals surface area contributed by atoms with E-state index in [4.69, 9.17) is 10.2 Å². The second kappa shape index (κ2) is 4.98. The van der Waals surface area contributed by atoms with Gasteiger partial charge in [-0.15, -0.1) is 0 Å². The number of hydrogen-bond acceptors (Lipinski definition) is 5. The molecule has 1 aliphatic rings.